The van der Waals surface area contributed by atoms with E-state index in [9.17, 15) is 4.79 Å². The number of rotatable bonds is 8. The molecule has 0 saturated carbocycles. The number of hydrogen-bond donors (Lipinski definition) is 2. The Labute approximate surface area is 121 Å². The van der Waals surface area contributed by atoms with Crippen LogP contribution in [-0.4, -0.2) is 31.6 Å². The highest BCUT2D eigenvalue weighted by Crippen LogP contribution is 2.10. The van der Waals surface area contributed by atoms with E-state index in [-0.39, 0.29) is 18.3 Å². The summed E-state index contributed by atoms with van der Waals surface area (Å²) in [6, 6.07) is 9.36. The molecule has 0 aliphatic carbocycles. The third kappa shape index (κ3) is 7.70. The van der Waals surface area contributed by atoms with Crippen LogP contribution in [0.2, 0.25) is 0 Å². The Kier molecular flexibility index (Phi) is 9.94. The Bertz CT molecular complexity index is 347. The summed E-state index contributed by atoms with van der Waals surface area (Å²) in [5.41, 5.74) is 0. The van der Waals surface area contributed by atoms with Gasteiger partial charge in [-0.1, -0.05) is 25.1 Å². The fourth-order valence-corrected chi connectivity index (χ4v) is 1.48. The number of hydrogen-bond acceptors (Lipinski definition) is 3. The van der Waals surface area contributed by atoms with Crippen LogP contribution in [0.15, 0.2) is 30.3 Å². The van der Waals surface area contributed by atoms with Crippen LogP contribution in [0.25, 0.3) is 0 Å². The van der Waals surface area contributed by atoms with E-state index in [1.807, 2.05) is 30.3 Å². The van der Waals surface area contributed by atoms with E-state index < -0.39 is 6.10 Å². The lowest BCUT2D eigenvalue weighted by Gasteiger charge is -2.14. The number of nitrogens with one attached hydrogen (secondary N) is 2. The molecule has 108 valence electrons. The summed E-state index contributed by atoms with van der Waals surface area (Å²) < 4.78 is 5.52. The Morgan fingerprint density at radius 1 is 1.21 bits per heavy atom. The van der Waals surface area contributed by atoms with Gasteiger partial charge >= 0.3 is 0 Å². The topological polar surface area (TPSA) is 50.4 Å². The molecule has 0 radical (unpaired) electrons. The number of ether oxygens (including phenoxy) is 1. The van der Waals surface area contributed by atoms with Gasteiger partial charge in [0.05, 0.1) is 0 Å². The Morgan fingerprint density at radius 3 is 2.53 bits per heavy atom. The Morgan fingerprint density at radius 2 is 1.89 bits per heavy atom. The van der Waals surface area contributed by atoms with Gasteiger partial charge in [-0.2, -0.15) is 0 Å². The maximum atomic E-state index is 11.7. The molecule has 19 heavy (non-hydrogen) atoms. The summed E-state index contributed by atoms with van der Waals surface area (Å²) in [7, 11) is 0. The standard InChI is InChI=1S/C14H22N2O2.ClH/c1-3-9-15-10-11-16-14(17)12(2)18-13-7-5-4-6-8-13;/h4-8,12,15H,3,9-11H2,1-2H3,(H,16,17);1H. The molecule has 1 rings (SSSR count). The Balaban J connectivity index is 0.00000324. The van der Waals surface area contributed by atoms with Crippen molar-refractivity contribution in [1.82, 2.24) is 10.6 Å². The van der Waals surface area contributed by atoms with E-state index >= 15 is 0 Å². The summed E-state index contributed by atoms with van der Waals surface area (Å²) in [6.45, 7) is 6.26. The third-order valence-electron chi connectivity index (χ3n) is 2.45. The fourth-order valence-electron chi connectivity index (χ4n) is 1.48. The van der Waals surface area contributed by atoms with Gasteiger partial charge in [0, 0.05) is 13.1 Å². The van der Waals surface area contributed by atoms with Crippen LogP contribution in [0, 0.1) is 0 Å². The number of halogens is 1. The van der Waals surface area contributed by atoms with Crippen LogP contribution in [-0.2, 0) is 4.79 Å². The number of para-hydroxylation sites is 1. The van der Waals surface area contributed by atoms with Gasteiger partial charge in [0.2, 0.25) is 0 Å². The molecular formula is C14H23ClN2O2. The lowest BCUT2D eigenvalue weighted by molar-refractivity contribution is -0.127. The molecule has 0 fully saturated rings. The first kappa shape index (κ1) is 17.7. The first-order valence-electron chi connectivity index (χ1n) is 6.44. The van der Waals surface area contributed by atoms with E-state index in [0.29, 0.717) is 12.3 Å². The minimum Gasteiger partial charge on any atom is -0.481 e. The van der Waals surface area contributed by atoms with Crippen LogP contribution in [0.1, 0.15) is 20.3 Å². The van der Waals surface area contributed by atoms with Crippen molar-refractivity contribution in [3.8, 4) is 5.75 Å². The van der Waals surface area contributed by atoms with Gasteiger partial charge in [0.15, 0.2) is 6.10 Å². The molecule has 0 aliphatic rings. The zero-order valence-corrected chi connectivity index (χ0v) is 12.3. The minimum absolute atomic E-state index is 0. The smallest absolute Gasteiger partial charge is 0.260 e. The molecule has 0 aliphatic heterocycles. The van der Waals surface area contributed by atoms with Crippen LogP contribution in [0.5, 0.6) is 5.75 Å². The molecule has 0 saturated heterocycles. The molecule has 0 heterocycles. The highest BCUT2D eigenvalue weighted by molar-refractivity contribution is 5.85. The molecule has 0 bridgehead atoms. The van der Waals surface area contributed by atoms with Gasteiger partial charge in [-0.05, 0) is 32.0 Å². The molecule has 0 aromatic heterocycles. The molecule has 0 spiro atoms. The maximum Gasteiger partial charge on any atom is 0.260 e. The average molecular weight is 287 g/mol. The van der Waals surface area contributed by atoms with Crippen LogP contribution in [0.3, 0.4) is 0 Å². The molecule has 1 unspecified atom stereocenters. The molecule has 1 aromatic rings. The van der Waals surface area contributed by atoms with Crippen molar-refractivity contribution in [2.45, 2.75) is 26.4 Å². The van der Waals surface area contributed by atoms with Crippen molar-refractivity contribution >= 4 is 18.3 Å². The predicted octanol–water partition coefficient (Wildman–Crippen LogP) is 1.99. The van der Waals surface area contributed by atoms with Crippen molar-refractivity contribution in [3.05, 3.63) is 30.3 Å². The lowest BCUT2D eigenvalue weighted by atomic mass is 10.3. The quantitative estimate of drug-likeness (QED) is 0.719. The molecule has 1 atom stereocenters. The zero-order chi connectivity index (χ0) is 13.2. The number of amides is 1. The molecule has 2 N–H and O–H groups in total. The van der Waals surface area contributed by atoms with Crippen molar-refractivity contribution in [1.29, 1.82) is 0 Å². The molecule has 1 amide bonds. The van der Waals surface area contributed by atoms with E-state index in [0.717, 1.165) is 19.5 Å². The SMILES string of the molecule is CCCNCCNC(=O)C(C)Oc1ccccc1.Cl. The van der Waals surface area contributed by atoms with E-state index in [1.165, 1.54) is 0 Å². The summed E-state index contributed by atoms with van der Waals surface area (Å²) in [6.07, 6.45) is 0.625. The van der Waals surface area contributed by atoms with Crippen LogP contribution >= 0.6 is 12.4 Å². The summed E-state index contributed by atoms with van der Waals surface area (Å²) >= 11 is 0. The normalized spacial score (nSPS) is 11.3. The largest absolute Gasteiger partial charge is 0.481 e. The summed E-state index contributed by atoms with van der Waals surface area (Å²) in [5, 5.41) is 6.06. The molecular weight excluding hydrogens is 264 g/mol. The van der Waals surface area contributed by atoms with Gasteiger partial charge < -0.3 is 15.4 Å². The summed E-state index contributed by atoms with van der Waals surface area (Å²) in [5.74, 6) is 0.626. The highest BCUT2D eigenvalue weighted by Gasteiger charge is 2.13. The molecule has 4 nitrogen and oxygen atoms in total. The van der Waals surface area contributed by atoms with Gasteiger partial charge in [0.1, 0.15) is 5.75 Å². The second-order valence-electron chi connectivity index (χ2n) is 4.11. The second-order valence-corrected chi connectivity index (χ2v) is 4.11. The van der Waals surface area contributed by atoms with E-state index in [1.54, 1.807) is 6.92 Å². The third-order valence-corrected chi connectivity index (χ3v) is 2.45. The zero-order valence-electron chi connectivity index (χ0n) is 11.5. The Hall–Kier alpha value is -1.26. The summed E-state index contributed by atoms with van der Waals surface area (Å²) in [4.78, 5) is 11.7. The molecule has 5 heteroatoms. The van der Waals surface area contributed by atoms with Gasteiger partial charge in [-0.15, -0.1) is 12.4 Å². The maximum absolute atomic E-state index is 11.7. The van der Waals surface area contributed by atoms with Gasteiger partial charge in [-0.25, -0.2) is 0 Å². The van der Waals surface area contributed by atoms with E-state index in [4.69, 9.17) is 4.74 Å². The minimum atomic E-state index is -0.474. The van der Waals surface area contributed by atoms with Crippen molar-refractivity contribution in [3.63, 3.8) is 0 Å². The predicted molar refractivity (Wildman–Crippen MR) is 80.0 cm³/mol. The first-order valence-corrected chi connectivity index (χ1v) is 6.44. The lowest BCUT2D eigenvalue weighted by Crippen LogP contribution is -2.39. The first-order chi connectivity index (χ1) is 8.74. The van der Waals surface area contributed by atoms with E-state index in [2.05, 4.69) is 17.6 Å². The van der Waals surface area contributed by atoms with Crippen LogP contribution in [0.4, 0.5) is 0 Å². The molecule has 1 aromatic carbocycles. The highest BCUT2D eigenvalue weighted by atomic mass is 35.5. The monoisotopic (exact) mass is 286 g/mol. The van der Waals surface area contributed by atoms with Crippen molar-refractivity contribution in [2.24, 2.45) is 0 Å². The van der Waals surface area contributed by atoms with Crippen molar-refractivity contribution < 1.29 is 9.53 Å². The van der Waals surface area contributed by atoms with Crippen molar-refractivity contribution in [2.75, 3.05) is 19.6 Å². The number of carbonyl (C=O) groups is 1. The number of carbonyl (C=O) groups excluding carboxylic acids is 1. The fraction of sp³-hybridized carbons (Fsp3) is 0.500. The number of benzene rings is 1. The van der Waals surface area contributed by atoms with Gasteiger partial charge in [-0.3, -0.25) is 4.79 Å². The van der Waals surface area contributed by atoms with Crippen LogP contribution < -0.4 is 15.4 Å². The second kappa shape index (κ2) is 10.6. The van der Waals surface area contributed by atoms with Gasteiger partial charge in [0.25, 0.3) is 5.91 Å². The average Bonchev–Trinajstić information content (AvgIpc) is 2.39.